The molecule has 17 heavy (non-hydrogen) atoms. The van der Waals surface area contributed by atoms with Crippen LogP contribution >= 0.6 is 0 Å². The number of nitrogens with two attached hydrogens (primary N) is 1. The summed E-state index contributed by atoms with van der Waals surface area (Å²) < 4.78 is 0. The largest absolute Gasteiger partial charge is 0.396 e. The molecule has 94 valence electrons. The topological polar surface area (TPSA) is 75.3 Å². The Labute approximate surface area is 102 Å². The third-order valence-electron chi connectivity index (χ3n) is 2.66. The highest BCUT2D eigenvalue weighted by Crippen LogP contribution is 2.05. The second kappa shape index (κ2) is 7.04. The van der Waals surface area contributed by atoms with Crippen molar-refractivity contribution in [1.82, 2.24) is 5.32 Å². The number of nitrogens with one attached hydrogen (secondary N) is 1. The van der Waals surface area contributed by atoms with E-state index in [1.165, 1.54) is 0 Å². The average molecular weight is 236 g/mol. The molecule has 0 saturated carbocycles. The minimum Gasteiger partial charge on any atom is -0.396 e. The smallest absolute Gasteiger partial charge is 0.248 e. The zero-order valence-electron chi connectivity index (χ0n) is 10.1. The Kier molecular flexibility index (Phi) is 5.66. The molecule has 0 aliphatic heterocycles. The number of benzene rings is 1. The van der Waals surface area contributed by atoms with Crippen molar-refractivity contribution in [3.05, 3.63) is 35.4 Å². The van der Waals surface area contributed by atoms with Gasteiger partial charge in [0.1, 0.15) is 0 Å². The summed E-state index contributed by atoms with van der Waals surface area (Å²) in [7, 11) is 0. The van der Waals surface area contributed by atoms with Gasteiger partial charge in [-0.2, -0.15) is 0 Å². The number of aliphatic hydroxyl groups is 1. The second-order valence-electron chi connectivity index (χ2n) is 4.31. The van der Waals surface area contributed by atoms with E-state index in [9.17, 15) is 4.79 Å². The molecule has 1 rings (SSSR count). The molecule has 0 heterocycles. The maximum Gasteiger partial charge on any atom is 0.248 e. The number of hydrogen-bond acceptors (Lipinski definition) is 3. The fraction of sp³-hybridized carbons (Fsp3) is 0.462. The van der Waals surface area contributed by atoms with Crippen LogP contribution < -0.4 is 11.1 Å². The number of hydrogen-bond donors (Lipinski definition) is 3. The molecular weight excluding hydrogens is 216 g/mol. The van der Waals surface area contributed by atoms with Gasteiger partial charge in [0.2, 0.25) is 5.91 Å². The van der Waals surface area contributed by atoms with Crippen LogP contribution in [0.3, 0.4) is 0 Å². The molecule has 0 bridgehead atoms. The molecular formula is C13H20N2O2. The Hall–Kier alpha value is -1.39. The van der Waals surface area contributed by atoms with Gasteiger partial charge in [0.15, 0.2) is 0 Å². The minimum absolute atomic E-state index is 0.222. The van der Waals surface area contributed by atoms with Gasteiger partial charge >= 0.3 is 0 Å². The molecule has 1 unspecified atom stereocenters. The molecule has 1 aromatic carbocycles. The minimum atomic E-state index is -0.402. The van der Waals surface area contributed by atoms with E-state index in [0.717, 1.165) is 18.5 Å². The maximum absolute atomic E-state index is 11.0. The molecule has 1 aromatic rings. The first-order chi connectivity index (χ1) is 8.13. The van der Waals surface area contributed by atoms with Crippen molar-refractivity contribution >= 4 is 5.91 Å². The van der Waals surface area contributed by atoms with Gasteiger partial charge in [-0.1, -0.05) is 19.1 Å². The lowest BCUT2D eigenvalue weighted by Crippen LogP contribution is -2.21. The molecule has 4 heteroatoms. The van der Waals surface area contributed by atoms with E-state index in [-0.39, 0.29) is 6.61 Å². The van der Waals surface area contributed by atoms with E-state index in [4.69, 9.17) is 10.8 Å². The maximum atomic E-state index is 11.0. The van der Waals surface area contributed by atoms with Crippen molar-refractivity contribution < 1.29 is 9.90 Å². The zero-order valence-corrected chi connectivity index (χ0v) is 10.1. The fourth-order valence-electron chi connectivity index (χ4n) is 1.62. The van der Waals surface area contributed by atoms with Gasteiger partial charge in [0, 0.05) is 18.7 Å². The number of rotatable bonds is 7. The normalized spacial score (nSPS) is 12.4. The van der Waals surface area contributed by atoms with Gasteiger partial charge in [-0.05, 0) is 36.6 Å². The first kappa shape index (κ1) is 13.7. The lowest BCUT2D eigenvalue weighted by atomic mass is 10.1. The summed E-state index contributed by atoms with van der Waals surface area (Å²) in [6, 6.07) is 7.29. The fourth-order valence-corrected chi connectivity index (χ4v) is 1.62. The molecule has 4 N–H and O–H groups in total. The van der Waals surface area contributed by atoms with E-state index in [0.29, 0.717) is 18.0 Å². The van der Waals surface area contributed by atoms with E-state index in [1.807, 2.05) is 12.1 Å². The van der Waals surface area contributed by atoms with Gasteiger partial charge in [0.25, 0.3) is 0 Å². The number of carbonyl (C=O) groups excluding carboxylic acids is 1. The summed E-state index contributed by atoms with van der Waals surface area (Å²) in [6.07, 6.45) is 0.800. The lowest BCUT2D eigenvalue weighted by Gasteiger charge is -2.11. The highest BCUT2D eigenvalue weighted by molar-refractivity contribution is 5.92. The van der Waals surface area contributed by atoms with E-state index >= 15 is 0 Å². The molecule has 1 amide bonds. The van der Waals surface area contributed by atoms with Crippen molar-refractivity contribution in [2.24, 2.45) is 11.7 Å². The Morgan fingerprint density at radius 1 is 1.53 bits per heavy atom. The summed E-state index contributed by atoms with van der Waals surface area (Å²) in [4.78, 5) is 11.0. The summed E-state index contributed by atoms with van der Waals surface area (Å²) in [5.74, 6) is 0.0415. The SMILES string of the molecule is CC(CCO)CNCc1cccc(C(N)=O)c1. The summed E-state index contributed by atoms with van der Waals surface area (Å²) in [5, 5.41) is 12.1. The van der Waals surface area contributed by atoms with Crippen LogP contribution in [0.15, 0.2) is 24.3 Å². The summed E-state index contributed by atoms with van der Waals surface area (Å²) in [6.45, 7) is 3.86. The Morgan fingerprint density at radius 3 is 2.94 bits per heavy atom. The van der Waals surface area contributed by atoms with Crippen LogP contribution in [0.5, 0.6) is 0 Å². The van der Waals surface area contributed by atoms with Crippen LogP contribution in [0.4, 0.5) is 0 Å². The summed E-state index contributed by atoms with van der Waals surface area (Å²) in [5.41, 5.74) is 6.79. The standard InChI is InChI=1S/C13H20N2O2/c1-10(5-6-16)8-15-9-11-3-2-4-12(7-11)13(14)17/h2-4,7,10,15-16H,5-6,8-9H2,1H3,(H2,14,17). The van der Waals surface area contributed by atoms with E-state index in [1.54, 1.807) is 12.1 Å². The lowest BCUT2D eigenvalue weighted by molar-refractivity contribution is 0.1000. The second-order valence-corrected chi connectivity index (χ2v) is 4.31. The summed E-state index contributed by atoms with van der Waals surface area (Å²) >= 11 is 0. The average Bonchev–Trinajstić information content (AvgIpc) is 2.30. The molecule has 0 radical (unpaired) electrons. The molecule has 0 spiro atoms. The quantitative estimate of drug-likeness (QED) is 0.658. The highest BCUT2D eigenvalue weighted by atomic mass is 16.3. The van der Waals surface area contributed by atoms with Crippen molar-refractivity contribution in [2.45, 2.75) is 19.9 Å². The predicted molar refractivity (Wildman–Crippen MR) is 67.5 cm³/mol. The van der Waals surface area contributed by atoms with Crippen LogP contribution in [-0.4, -0.2) is 24.2 Å². The third-order valence-corrected chi connectivity index (χ3v) is 2.66. The Balaban J connectivity index is 2.41. The Morgan fingerprint density at radius 2 is 2.29 bits per heavy atom. The first-order valence-electron chi connectivity index (χ1n) is 5.83. The number of amides is 1. The van der Waals surface area contributed by atoms with Crippen LogP contribution in [0, 0.1) is 5.92 Å². The highest BCUT2D eigenvalue weighted by Gasteiger charge is 2.03. The third kappa shape index (κ3) is 4.97. The zero-order chi connectivity index (χ0) is 12.7. The van der Waals surface area contributed by atoms with E-state index in [2.05, 4.69) is 12.2 Å². The van der Waals surface area contributed by atoms with Crippen LogP contribution in [0.2, 0.25) is 0 Å². The monoisotopic (exact) mass is 236 g/mol. The van der Waals surface area contributed by atoms with Crippen LogP contribution in [-0.2, 0) is 6.54 Å². The van der Waals surface area contributed by atoms with Crippen LogP contribution in [0.1, 0.15) is 29.3 Å². The first-order valence-corrected chi connectivity index (χ1v) is 5.83. The number of primary amides is 1. The molecule has 4 nitrogen and oxygen atoms in total. The molecule has 0 saturated heterocycles. The van der Waals surface area contributed by atoms with Gasteiger partial charge in [-0.25, -0.2) is 0 Å². The molecule has 0 aromatic heterocycles. The molecule has 0 aliphatic rings. The van der Waals surface area contributed by atoms with Crippen molar-refractivity contribution in [1.29, 1.82) is 0 Å². The van der Waals surface area contributed by atoms with Gasteiger partial charge in [0.05, 0.1) is 0 Å². The van der Waals surface area contributed by atoms with Gasteiger partial charge < -0.3 is 16.2 Å². The Bertz CT molecular complexity index is 366. The molecule has 0 fully saturated rings. The van der Waals surface area contributed by atoms with Crippen LogP contribution in [0.25, 0.3) is 0 Å². The number of carbonyl (C=O) groups is 1. The van der Waals surface area contributed by atoms with Crippen molar-refractivity contribution in [3.8, 4) is 0 Å². The number of aliphatic hydroxyl groups excluding tert-OH is 1. The predicted octanol–water partition coefficient (Wildman–Crippen LogP) is 0.894. The van der Waals surface area contributed by atoms with Gasteiger partial charge in [-0.15, -0.1) is 0 Å². The van der Waals surface area contributed by atoms with Crippen molar-refractivity contribution in [2.75, 3.05) is 13.2 Å². The van der Waals surface area contributed by atoms with Crippen molar-refractivity contribution in [3.63, 3.8) is 0 Å². The molecule has 0 aliphatic carbocycles. The van der Waals surface area contributed by atoms with Gasteiger partial charge in [-0.3, -0.25) is 4.79 Å². The molecule has 1 atom stereocenters. The van der Waals surface area contributed by atoms with E-state index < -0.39 is 5.91 Å².